The van der Waals surface area contributed by atoms with E-state index in [9.17, 15) is 8.42 Å². The van der Waals surface area contributed by atoms with Gasteiger partial charge in [0.25, 0.3) is 0 Å². The van der Waals surface area contributed by atoms with Gasteiger partial charge in [-0.1, -0.05) is 5.92 Å². The monoisotopic (exact) mass is 187 g/mol. The van der Waals surface area contributed by atoms with Gasteiger partial charge in [0.15, 0.2) is 9.84 Å². The minimum atomic E-state index is -2.79. The van der Waals surface area contributed by atoms with Crippen LogP contribution in [0.25, 0.3) is 0 Å². The molecule has 1 aliphatic heterocycles. The van der Waals surface area contributed by atoms with Crippen LogP contribution in [-0.4, -0.2) is 44.0 Å². The summed E-state index contributed by atoms with van der Waals surface area (Å²) in [6.45, 7) is 3.03. The third-order valence-electron chi connectivity index (χ3n) is 2.10. The smallest absolute Gasteiger partial charge is 0.153 e. The molecule has 0 saturated carbocycles. The molecule has 1 heterocycles. The summed E-state index contributed by atoms with van der Waals surface area (Å²) in [7, 11) is -2.79. The molecule has 1 rings (SSSR count). The first-order valence-corrected chi connectivity index (χ1v) is 5.75. The Morgan fingerprint density at radius 1 is 1.67 bits per heavy atom. The van der Waals surface area contributed by atoms with Crippen molar-refractivity contribution in [3.63, 3.8) is 0 Å². The molecule has 0 aliphatic carbocycles. The molecule has 0 unspecified atom stereocenters. The fourth-order valence-corrected chi connectivity index (χ4v) is 3.01. The van der Waals surface area contributed by atoms with Crippen LogP contribution in [0.2, 0.25) is 0 Å². The minimum absolute atomic E-state index is 0.0693. The molecule has 1 atom stereocenters. The molecule has 1 saturated heterocycles. The van der Waals surface area contributed by atoms with Crippen LogP contribution >= 0.6 is 0 Å². The summed E-state index contributed by atoms with van der Waals surface area (Å²) >= 11 is 0. The van der Waals surface area contributed by atoms with Crippen molar-refractivity contribution in [1.29, 1.82) is 0 Å². The second-order valence-corrected chi connectivity index (χ2v) is 5.37. The van der Waals surface area contributed by atoms with Crippen LogP contribution in [0.5, 0.6) is 0 Å². The van der Waals surface area contributed by atoms with Crippen LogP contribution in [0.15, 0.2) is 0 Å². The van der Waals surface area contributed by atoms with Gasteiger partial charge in [-0.3, -0.25) is 4.90 Å². The van der Waals surface area contributed by atoms with Crippen molar-refractivity contribution in [3.05, 3.63) is 0 Å². The molecule has 0 radical (unpaired) electrons. The summed E-state index contributed by atoms with van der Waals surface area (Å²) < 4.78 is 22.3. The first-order chi connectivity index (χ1) is 5.55. The topological polar surface area (TPSA) is 37.4 Å². The number of rotatable bonds is 1. The van der Waals surface area contributed by atoms with Gasteiger partial charge in [-0.25, -0.2) is 8.42 Å². The van der Waals surface area contributed by atoms with Crippen LogP contribution in [0.3, 0.4) is 0 Å². The zero-order chi connectivity index (χ0) is 9.19. The van der Waals surface area contributed by atoms with Crippen LogP contribution in [0, 0.1) is 12.3 Å². The maximum atomic E-state index is 11.1. The molecule has 0 aromatic heterocycles. The molecule has 68 valence electrons. The molecular weight excluding hydrogens is 174 g/mol. The number of terminal acetylenes is 1. The lowest BCUT2D eigenvalue weighted by Gasteiger charge is -2.31. The highest BCUT2D eigenvalue weighted by molar-refractivity contribution is 7.91. The Hall–Kier alpha value is -0.530. The molecular formula is C8H13NO2S. The van der Waals surface area contributed by atoms with Gasteiger partial charge in [0.05, 0.1) is 18.1 Å². The van der Waals surface area contributed by atoms with Crippen molar-refractivity contribution in [2.75, 3.05) is 24.6 Å². The van der Waals surface area contributed by atoms with E-state index in [0.29, 0.717) is 13.1 Å². The van der Waals surface area contributed by atoms with E-state index < -0.39 is 9.84 Å². The highest BCUT2D eigenvalue weighted by atomic mass is 32.2. The van der Waals surface area contributed by atoms with Crippen LogP contribution < -0.4 is 0 Å². The van der Waals surface area contributed by atoms with Crippen LogP contribution in [-0.2, 0) is 9.84 Å². The highest BCUT2D eigenvalue weighted by Gasteiger charge is 2.26. The Bertz CT molecular complexity index is 289. The molecule has 0 N–H and O–H groups in total. The molecule has 0 amide bonds. The zero-order valence-corrected chi connectivity index (χ0v) is 7.97. The minimum Gasteiger partial charge on any atom is -0.288 e. The molecule has 0 aromatic carbocycles. The van der Waals surface area contributed by atoms with E-state index >= 15 is 0 Å². The van der Waals surface area contributed by atoms with Gasteiger partial charge in [-0.05, 0) is 6.92 Å². The van der Waals surface area contributed by atoms with E-state index in [1.165, 1.54) is 0 Å². The van der Waals surface area contributed by atoms with Gasteiger partial charge >= 0.3 is 0 Å². The average molecular weight is 187 g/mol. The van der Waals surface area contributed by atoms with Gasteiger partial charge in [0.1, 0.15) is 0 Å². The fourth-order valence-electron chi connectivity index (χ4n) is 1.39. The highest BCUT2D eigenvalue weighted by Crippen LogP contribution is 2.09. The van der Waals surface area contributed by atoms with Gasteiger partial charge in [-0.15, -0.1) is 6.42 Å². The summed E-state index contributed by atoms with van der Waals surface area (Å²) in [4.78, 5) is 2.01. The summed E-state index contributed by atoms with van der Waals surface area (Å²) in [5.41, 5.74) is 0. The summed E-state index contributed by atoms with van der Waals surface area (Å²) in [6, 6.07) is 0.0693. The van der Waals surface area contributed by atoms with Crippen molar-refractivity contribution in [2.45, 2.75) is 13.0 Å². The SMILES string of the molecule is C#CCN1CCS(=O)(=O)C[C@H]1C. The molecule has 1 fully saturated rings. The molecule has 1 aliphatic rings. The Kier molecular flexibility index (Phi) is 2.76. The largest absolute Gasteiger partial charge is 0.288 e. The Balaban J connectivity index is 2.61. The summed E-state index contributed by atoms with van der Waals surface area (Å²) in [6.07, 6.45) is 5.15. The second-order valence-electron chi connectivity index (χ2n) is 3.14. The predicted molar refractivity (Wildman–Crippen MR) is 48.5 cm³/mol. The molecule has 0 aromatic rings. The first-order valence-electron chi connectivity index (χ1n) is 3.93. The van der Waals surface area contributed by atoms with Gasteiger partial charge in [0.2, 0.25) is 0 Å². The van der Waals surface area contributed by atoms with Crippen LogP contribution in [0.1, 0.15) is 6.92 Å². The Morgan fingerprint density at radius 2 is 2.33 bits per heavy atom. The van der Waals surface area contributed by atoms with Crippen molar-refractivity contribution < 1.29 is 8.42 Å². The number of sulfone groups is 1. The lowest BCUT2D eigenvalue weighted by Crippen LogP contribution is -2.46. The quantitative estimate of drug-likeness (QED) is 0.531. The Labute approximate surface area is 73.7 Å². The third-order valence-corrected chi connectivity index (χ3v) is 3.90. The number of hydrogen-bond donors (Lipinski definition) is 0. The molecule has 0 bridgehead atoms. The predicted octanol–water partition coefficient (Wildman–Crippen LogP) is -0.261. The van der Waals surface area contributed by atoms with Crippen molar-refractivity contribution >= 4 is 9.84 Å². The third kappa shape index (κ3) is 2.23. The number of hydrogen-bond acceptors (Lipinski definition) is 3. The van der Waals surface area contributed by atoms with E-state index in [-0.39, 0.29) is 17.5 Å². The molecule has 4 heteroatoms. The van der Waals surface area contributed by atoms with Crippen molar-refractivity contribution in [3.8, 4) is 12.3 Å². The summed E-state index contributed by atoms with van der Waals surface area (Å²) in [5.74, 6) is 3.02. The lowest BCUT2D eigenvalue weighted by atomic mass is 10.3. The average Bonchev–Trinajstić information content (AvgIpc) is 1.94. The van der Waals surface area contributed by atoms with Crippen LogP contribution in [0.4, 0.5) is 0 Å². The zero-order valence-electron chi connectivity index (χ0n) is 7.16. The standard InChI is InChI=1S/C8H13NO2S/c1-3-4-9-5-6-12(10,11)7-8(9)2/h1,8H,4-7H2,2H3/t8-/m1/s1. The van der Waals surface area contributed by atoms with Crippen molar-refractivity contribution in [2.24, 2.45) is 0 Å². The fraction of sp³-hybridized carbons (Fsp3) is 0.750. The van der Waals surface area contributed by atoms with Crippen molar-refractivity contribution in [1.82, 2.24) is 4.90 Å². The van der Waals surface area contributed by atoms with E-state index in [2.05, 4.69) is 5.92 Å². The van der Waals surface area contributed by atoms with E-state index in [1.54, 1.807) is 0 Å². The maximum Gasteiger partial charge on any atom is 0.153 e. The van der Waals surface area contributed by atoms with E-state index in [4.69, 9.17) is 6.42 Å². The van der Waals surface area contributed by atoms with E-state index in [0.717, 1.165) is 0 Å². The van der Waals surface area contributed by atoms with E-state index in [1.807, 2.05) is 11.8 Å². The molecule has 12 heavy (non-hydrogen) atoms. The second kappa shape index (κ2) is 3.46. The molecule has 3 nitrogen and oxygen atoms in total. The van der Waals surface area contributed by atoms with Gasteiger partial charge in [0, 0.05) is 12.6 Å². The lowest BCUT2D eigenvalue weighted by molar-refractivity contribution is 0.255. The number of nitrogens with zero attached hydrogens (tertiary/aromatic N) is 1. The molecule has 0 spiro atoms. The van der Waals surface area contributed by atoms with Gasteiger partial charge in [-0.2, -0.15) is 0 Å². The first kappa shape index (κ1) is 9.56. The normalized spacial score (nSPS) is 29.5. The summed E-state index contributed by atoms with van der Waals surface area (Å²) in [5, 5.41) is 0. The maximum absolute atomic E-state index is 11.1. The van der Waals surface area contributed by atoms with Gasteiger partial charge < -0.3 is 0 Å². The Morgan fingerprint density at radius 3 is 2.83 bits per heavy atom.